The SMILES string of the molecule is CCCCc1nc(N(C)C(=O)C=C(C)C)c(C(=O)O)n1Cc1ccc(-c2ccccc2-c2nnn[nH]2)cc1. The van der Waals surface area contributed by atoms with Crippen molar-refractivity contribution in [2.45, 2.75) is 46.6 Å². The molecular formula is C28H31N7O3. The van der Waals surface area contributed by atoms with Crippen LogP contribution in [0.4, 0.5) is 5.82 Å². The molecule has 4 rings (SSSR count). The Morgan fingerprint density at radius 1 is 1.08 bits per heavy atom. The first-order chi connectivity index (χ1) is 18.3. The third-order valence-corrected chi connectivity index (χ3v) is 6.18. The van der Waals surface area contributed by atoms with Gasteiger partial charge in [0.2, 0.25) is 0 Å². The van der Waals surface area contributed by atoms with Crippen LogP contribution in [0.3, 0.4) is 0 Å². The van der Waals surface area contributed by atoms with Gasteiger partial charge in [-0.3, -0.25) is 9.69 Å². The summed E-state index contributed by atoms with van der Waals surface area (Å²) >= 11 is 0. The van der Waals surface area contributed by atoms with E-state index >= 15 is 0 Å². The van der Waals surface area contributed by atoms with Crippen LogP contribution in [0.5, 0.6) is 0 Å². The number of carbonyl (C=O) groups is 2. The first kappa shape index (κ1) is 26.5. The van der Waals surface area contributed by atoms with Crippen LogP contribution < -0.4 is 4.90 Å². The maximum Gasteiger partial charge on any atom is 0.356 e. The van der Waals surface area contributed by atoms with Gasteiger partial charge in [0, 0.05) is 31.7 Å². The predicted molar refractivity (Wildman–Crippen MR) is 145 cm³/mol. The van der Waals surface area contributed by atoms with E-state index in [9.17, 15) is 14.7 Å². The van der Waals surface area contributed by atoms with Crippen molar-refractivity contribution in [1.82, 2.24) is 30.2 Å². The molecule has 0 fully saturated rings. The number of H-pyrrole nitrogens is 1. The second kappa shape index (κ2) is 11.6. The minimum absolute atomic E-state index is 0.00125. The number of carboxylic acid groups (broad SMARTS) is 1. The monoisotopic (exact) mass is 513 g/mol. The highest BCUT2D eigenvalue weighted by molar-refractivity contribution is 6.04. The number of benzene rings is 2. The summed E-state index contributed by atoms with van der Waals surface area (Å²) in [7, 11) is 1.56. The molecule has 0 aliphatic rings. The molecule has 10 heteroatoms. The van der Waals surface area contributed by atoms with Crippen molar-refractivity contribution in [1.29, 1.82) is 0 Å². The molecule has 2 N–H and O–H groups in total. The van der Waals surface area contributed by atoms with Crippen LogP contribution in [0, 0.1) is 0 Å². The Labute approximate surface area is 221 Å². The Kier molecular flexibility index (Phi) is 8.10. The van der Waals surface area contributed by atoms with E-state index in [1.54, 1.807) is 11.6 Å². The summed E-state index contributed by atoms with van der Waals surface area (Å²) in [5.41, 5.74) is 4.56. The Morgan fingerprint density at radius 2 is 1.79 bits per heavy atom. The van der Waals surface area contributed by atoms with Gasteiger partial charge in [0.1, 0.15) is 5.82 Å². The summed E-state index contributed by atoms with van der Waals surface area (Å²) in [5, 5.41) is 24.4. The Morgan fingerprint density at radius 3 is 2.39 bits per heavy atom. The first-order valence-corrected chi connectivity index (χ1v) is 12.5. The van der Waals surface area contributed by atoms with E-state index in [2.05, 4.69) is 32.5 Å². The van der Waals surface area contributed by atoms with Crippen molar-refractivity contribution in [3.05, 3.63) is 77.3 Å². The molecule has 0 unspecified atom stereocenters. The van der Waals surface area contributed by atoms with Gasteiger partial charge in [-0.05, 0) is 47.4 Å². The number of aromatic nitrogens is 6. The first-order valence-electron chi connectivity index (χ1n) is 12.5. The number of aromatic carboxylic acids is 1. The predicted octanol–water partition coefficient (Wildman–Crippen LogP) is 4.75. The van der Waals surface area contributed by atoms with Crippen molar-refractivity contribution in [3.8, 4) is 22.5 Å². The molecule has 1 amide bonds. The number of likely N-dealkylation sites (N-methyl/N-ethyl adjacent to an activating group) is 1. The Balaban J connectivity index is 1.70. The van der Waals surface area contributed by atoms with E-state index in [0.29, 0.717) is 24.6 Å². The number of nitrogens with one attached hydrogen (secondary N) is 1. The van der Waals surface area contributed by atoms with Crippen molar-refractivity contribution in [3.63, 3.8) is 0 Å². The van der Waals surface area contributed by atoms with Gasteiger partial charge in [-0.1, -0.05) is 67.4 Å². The van der Waals surface area contributed by atoms with Crippen LogP contribution in [0.1, 0.15) is 55.5 Å². The molecule has 0 bridgehead atoms. The lowest BCUT2D eigenvalue weighted by Gasteiger charge is -2.15. The van der Waals surface area contributed by atoms with Crippen LogP contribution in [-0.4, -0.2) is 54.2 Å². The summed E-state index contributed by atoms with van der Waals surface area (Å²) in [6.45, 7) is 6.02. The van der Waals surface area contributed by atoms with Crippen LogP contribution in [-0.2, 0) is 17.8 Å². The average Bonchev–Trinajstić information content (AvgIpc) is 3.56. The number of hydrogen-bond donors (Lipinski definition) is 2. The number of allylic oxidation sites excluding steroid dienone is 1. The molecule has 0 saturated carbocycles. The summed E-state index contributed by atoms with van der Waals surface area (Å²) in [6, 6.07) is 15.8. The second-order valence-electron chi connectivity index (χ2n) is 9.31. The van der Waals surface area contributed by atoms with E-state index in [0.717, 1.165) is 40.7 Å². The van der Waals surface area contributed by atoms with Gasteiger partial charge < -0.3 is 9.67 Å². The fourth-order valence-corrected chi connectivity index (χ4v) is 4.26. The second-order valence-corrected chi connectivity index (χ2v) is 9.31. The normalized spacial score (nSPS) is 10.8. The van der Waals surface area contributed by atoms with Crippen LogP contribution >= 0.6 is 0 Å². The lowest BCUT2D eigenvalue weighted by molar-refractivity contribution is -0.114. The number of hydrogen-bond acceptors (Lipinski definition) is 6. The standard InChI is InChI=1S/C28H31N7O3/c1-5-6-11-23-29-27(34(4)24(36)16-18(2)3)25(28(37)38)35(23)17-19-12-14-20(15-13-19)21-9-7-8-10-22(21)26-30-32-33-31-26/h7-10,12-16H,5-6,11,17H2,1-4H3,(H,37,38)(H,30,31,32,33). The average molecular weight is 514 g/mol. The molecule has 10 nitrogen and oxygen atoms in total. The zero-order valence-corrected chi connectivity index (χ0v) is 22.0. The highest BCUT2D eigenvalue weighted by atomic mass is 16.4. The number of tetrazole rings is 1. The lowest BCUT2D eigenvalue weighted by Crippen LogP contribution is -2.27. The molecule has 0 aliphatic carbocycles. The highest BCUT2D eigenvalue weighted by Gasteiger charge is 2.27. The lowest BCUT2D eigenvalue weighted by atomic mass is 9.98. The Hall–Kier alpha value is -4.60. The molecule has 0 saturated heterocycles. The number of nitrogens with zero attached hydrogens (tertiary/aromatic N) is 6. The minimum atomic E-state index is -1.13. The van der Waals surface area contributed by atoms with Gasteiger partial charge in [0.05, 0.1) is 0 Å². The van der Waals surface area contributed by atoms with Gasteiger partial charge in [0.25, 0.3) is 5.91 Å². The number of aromatic amines is 1. The summed E-state index contributed by atoms with van der Waals surface area (Å²) < 4.78 is 1.71. The van der Waals surface area contributed by atoms with E-state index in [1.165, 1.54) is 11.0 Å². The van der Waals surface area contributed by atoms with Crippen LogP contribution in [0.25, 0.3) is 22.5 Å². The van der Waals surface area contributed by atoms with Gasteiger partial charge in [-0.15, -0.1) is 5.10 Å². The Bertz CT molecular complexity index is 1450. The van der Waals surface area contributed by atoms with Gasteiger partial charge in [-0.25, -0.2) is 14.9 Å². The van der Waals surface area contributed by atoms with Crippen molar-refractivity contribution in [2.75, 3.05) is 11.9 Å². The van der Waals surface area contributed by atoms with Crippen LogP contribution in [0.2, 0.25) is 0 Å². The number of amides is 1. The number of aryl methyl sites for hydroxylation is 1. The zero-order valence-electron chi connectivity index (χ0n) is 22.0. The molecule has 4 aromatic rings. The largest absolute Gasteiger partial charge is 0.476 e. The molecule has 2 aromatic heterocycles. The highest BCUT2D eigenvalue weighted by Crippen LogP contribution is 2.30. The molecule has 2 aromatic carbocycles. The van der Waals surface area contributed by atoms with Crippen molar-refractivity contribution in [2.24, 2.45) is 0 Å². The number of unbranched alkanes of at least 4 members (excludes halogenated alkanes) is 1. The zero-order chi connectivity index (χ0) is 27.2. The maximum absolute atomic E-state index is 12.7. The van der Waals surface area contributed by atoms with Crippen LogP contribution in [0.15, 0.2) is 60.2 Å². The molecule has 0 aliphatic heterocycles. The minimum Gasteiger partial charge on any atom is -0.476 e. The van der Waals surface area contributed by atoms with E-state index in [-0.39, 0.29) is 17.4 Å². The smallest absolute Gasteiger partial charge is 0.356 e. The van der Waals surface area contributed by atoms with Crippen molar-refractivity contribution >= 4 is 17.7 Å². The number of rotatable bonds is 10. The van der Waals surface area contributed by atoms with Crippen molar-refractivity contribution < 1.29 is 14.7 Å². The third-order valence-electron chi connectivity index (χ3n) is 6.18. The van der Waals surface area contributed by atoms with E-state index in [1.807, 2.05) is 62.4 Å². The molecule has 0 radical (unpaired) electrons. The number of carboxylic acids is 1. The number of carbonyl (C=O) groups excluding carboxylic acids is 1. The molecule has 196 valence electrons. The third kappa shape index (κ3) is 5.69. The molecule has 38 heavy (non-hydrogen) atoms. The molecule has 0 spiro atoms. The van der Waals surface area contributed by atoms with E-state index < -0.39 is 5.97 Å². The van der Waals surface area contributed by atoms with Gasteiger partial charge in [0.15, 0.2) is 17.3 Å². The maximum atomic E-state index is 12.7. The summed E-state index contributed by atoms with van der Waals surface area (Å²) in [5.74, 6) is -0.0720. The fraction of sp³-hybridized carbons (Fsp3) is 0.286. The molecule has 0 atom stereocenters. The number of imidazole rings is 1. The number of anilines is 1. The molecule has 2 heterocycles. The van der Waals surface area contributed by atoms with Gasteiger partial charge >= 0.3 is 5.97 Å². The molecular weight excluding hydrogens is 482 g/mol. The summed E-state index contributed by atoms with van der Waals surface area (Å²) in [4.78, 5) is 31.1. The summed E-state index contributed by atoms with van der Waals surface area (Å²) in [6.07, 6.45) is 3.87. The topological polar surface area (TPSA) is 130 Å². The fourth-order valence-electron chi connectivity index (χ4n) is 4.26. The quantitative estimate of drug-likeness (QED) is 0.293. The van der Waals surface area contributed by atoms with Gasteiger partial charge in [-0.2, -0.15) is 0 Å². The van der Waals surface area contributed by atoms with E-state index in [4.69, 9.17) is 0 Å².